The number of hydrogen-bond donors (Lipinski definition) is 2. The van der Waals surface area contributed by atoms with E-state index in [2.05, 4.69) is 33.6 Å². The lowest BCUT2D eigenvalue weighted by Crippen LogP contribution is -2.15. The maximum Gasteiger partial charge on any atom is 0.303 e. The van der Waals surface area contributed by atoms with Crippen LogP contribution in [0, 0.1) is 0 Å². The van der Waals surface area contributed by atoms with Crippen LogP contribution >= 0.6 is 0 Å². The second kappa shape index (κ2) is 6.63. The molecule has 2 aliphatic rings. The molecule has 2 atom stereocenters. The summed E-state index contributed by atoms with van der Waals surface area (Å²) in [5, 5.41) is 7.06. The summed E-state index contributed by atoms with van der Waals surface area (Å²) in [5.41, 5.74) is 5.57. The van der Waals surface area contributed by atoms with E-state index in [1.165, 1.54) is 6.92 Å². The van der Waals surface area contributed by atoms with Gasteiger partial charge in [-0.25, -0.2) is 0 Å². The Morgan fingerprint density at radius 1 is 1.12 bits per heavy atom. The highest BCUT2D eigenvalue weighted by atomic mass is 16.6. The van der Waals surface area contributed by atoms with E-state index >= 15 is 0 Å². The first-order chi connectivity index (χ1) is 16.5. The summed E-state index contributed by atoms with van der Waals surface area (Å²) in [5.74, 6) is -0.00679. The van der Waals surface area contributed by atoms with Gasteiger partial charge in [-0.15, -0.1) is 0 Å². The predicted octanol–water partition coefficient (Wildman–Crippen LogP) is 5.04. The van der Waals surface area contributed by atoms with Gasteiger partial charge in [0.05, 0.1) is 22.1 Å². The van der Waals surface area contributed by atoms with Crippen LogP contribution in [0.4, 0.5) is 0 Å². The SMILES string of the molecule is C=C1O[C@@H](n2c3ccccc3c3c4c(c5c6ccccc6[nH]c5c32)CNC4=O)C[C@@H]1OC(C)=O. The van der Waals surface area contributed by atoms with Gasteiger partial charge in [0.1, 0.15) is 5.76 Å². The van der Waals surface area contributed by atoms with Crippen molar-refractivity contribution in [2.45, 2.75) is 32.2 Å². The number of carbonyl (C=O) groups excluding carboxylic acids is 2. The smallest absolute Gasteiger partial charge is 0.303 e. The number of hydrogen-bond acceptors (Lipinski definition) is 4. The van der Waals surface area contributed by atoms with Crippen LogP contribution in [0.5, 0.6) is 0 Å². The normalized spacial score (nSPS) is 19.8. The maximum atomic E-state index is 13.1. The fraction of sp³-hybridized carbons (Fsp3) is 0.185. The molecule has 34 heavy (non-hydrogen) atoms. The standard InChI is InChI=1S/C27H21N3O4/c1-13-20(34-14(2)31)11-21(33-13)30-19-10-6-4-8-16(19)23-24-17(12-28-27(24)32)22-15-7-3-5-9-18(15)29-25(22)26(23)30/h3-10,20-21,29H,1,11-12H2,2H3,(H,28,32)/t20-,21+/m0/s1. The molecule has 1 fully saturated rings. The van der Waals surface area contributed by atoms with Crippen molar-refractivity contribution in [1.29, 1.82) is 0 Å². The maximum absolute atomic E-state index is 13.1. The average molecular weight is 451 g/mol. The molecule has 7 rings (SSSR count). The van der Waals surface area contributed by atoms with Crippen molar-refractivity contribution >= 4 is 55.5 Å². The number of carbonyl (C=O) groups is 2. The minimum absolute atomic E-state index is 0.0652. The number of para-hydroxylation sites is 2. The van der Waals surface area contributed by atoms with Gasteiger partial charge < -0.3 is 24.3 Å². The monoisotopic (exact) mass is 451 g/mol. The van der Waals surface area contributed by atoms with Crippen molar-refractivity contribution in [1.82, 2.24) is 14.9 Å². The molecule has 0 spiro atoms. The van der Waals surface area contributed by atoms with E-state index in [0.29, 0.717) is 18.7 Å². The van der Waals surface area contributed by atoms with Crippen LogP contribution in [-0.4, -0.2) is 27.5 Å². The van der Waals surface area contributed by atoms with Crippen molar-refractivity contribution in [2.24, 2.45) is 0 Å². The molecule has 1 amide bonds. The molecule has 0 unspecified atom stereocenters. The molecule has 1 saturated heterocycles. The van der Waals surface area contributed by atoms with Crippen molar-refractivity contribution in [3.63, 3.8) is 0 Å². The lowest BCUT2D eigenvalue weighted by molar-refractivity contribution is -0.144. The molecule has 7 nitrogen and oxygen atoms in total. The zero-order valence-electron chi connectivity index (χ0n) is 18.5. The Labute approximate surface area is 193 Å². The first-order valence-electron chi connectivity index (χ1n) is 11.3. The van der Waals surface area contributed by atoms with Crippen LogP contribution in [0.3, 0.4) is 0 Å². The van der Waals surface area contributed by atoms with Crippen LogP contribution < -0.4 is 5.32 Å². The number of nitrogens with zero attached hydrogens (tertiary/aromatic N) is 1. The fourth-order valence-electron chi connectivity index (χ4n) is 5.74. The number of ether oxygens (including phenoxy) is 2. The van der Waals surface area contributed by atoms with Crippen molar-refractivity contribution in [3.05, 3.63) is 72.0 Å². The molecule has 5 aromatic rings. The van der Waals surface area contributed by atoms with Crippen LogP contribution in [0.2, 0.25) is 0 Å². The van der Waals surface area contributed by atoms with Crippen molar-refractivity contribution < 1.29 is 19.1 Å². The molecular formula is C27H21N3O4. The second-order valence-electron chi connectivity index (χ2n) is 8.94. The Morgan fingerprint density at radius 2 is 1.88 bits per heavy atom. The van der Waals surface area contributed by atoms with Crippen molar-refractivity contribution in [2.75, 3.05) is 0 Å². The number of aromatic nitrogens is 2. The van der Waals surface area contributed by atoms with E-state index in [0.717, 1.165) is 54.7 Å². The predicted molar refractivity (Wildman–Crippen MR) is 129 cm³/mol. The molecule has 168 valence electrons. The van der Waals surface area contributed by atoms with Gasteiger partial charge in [-0.3, -0.25) is 9.59 Å². The Morgan fingerprint density at radius 3 is 2.71 bits per heavy atom. The molecule has 0 saturated carbocycles. The summed E-state index contributed by atoms with van der Waals surface area (Å²) in [6.45, 7) is 5.87. The van der Waals surface area contributed by atoms with Gasteiger partial charge in [0.15, 0.2) is 12.3 Å². The molecular weight excluding hydrogens is 430 g/mol. The molecule has 3 aromatic carbocycles. The molecule has 0 radical (unpaired) electrons. The molecule has 2 aliphatic heterocycles. The van der Waals surface area contributed by atoms with Gasteiger partial charge in [0, 0.05) is 47.0 Å². The first-order valence-corrected chi connectivity index (χ1v) is 11.3. The minimum atomic E-state index is -0.519. The highest BCUT2D eigenvalue weighted by molar-refractivity contribution is 6.30. The number of nitrogens with one attached hydrogen (secondary N) is 2. The lowest BCUT2D eigenvalue weighted by atomic mass is 9.97. The Bertz CT molecular complexity index is 1720. The Balaban J connectivity index is 1.64. The van der Waals surface area contributed by atoms with E-state index in [4.69, 9.17) is 9.47 Å². The van der Waals surface area contributed by atoms with E-state index in [1.807, 2.05) is 36.4 Å². The largest absolute Gasteiger partial charge is 0.471 e. The molecule has 2 N–H and O–H groups in total. The summed E-state index contributed by atoms with van der Waals surface area (Å²) >= 11 is 0. The Kier molecular flexibility index (Phi) is 3.75. The summed E-state index contributed by atoms with van der Waals surface area (Å²) in [6, 6.07) is 16.2. The number of amides is 1. The van der Waals surface area contributed by atoms with Gasteiger partial charge >= 0.3 is 5.97 Å². The van der Waals surface area contributed by atoms with Gasteiger partial charge in [-0.2, -0.15) is 0 Å². The quantitative estimate of drug-likeness (QED) is 0.369. The van der Waals surface area contributed by atoms with Gasteiger partial charge in [-0.1, -0.05) is 43.0 Å². The molecule has 0 bridgehead atoms. The van der Waals surface area contributed by atoms with Crippen molar-refractivity contribution in [3.8, 4) is 0 Å². The zero-order valence-corrected chi connectivity index (χ0v) is 18.5. The van der Waals surface area contributed by atoms with E-state index in [1.54, 1.807) is 0 Å². The highest BCUT2D eigenvalue weighted by Gasteiger charge is 2.37. The third-order valence-corrected chi connectivity index (χ3v) is 7.02. The molecule has 7 heteroatoms. The number of fused-ring (bicyclic) bond motifs is 10. The van der Waals surface area contributed by atoms with Crippen LogP contribution in [0.25, 0.3) is 43.6 Å². The van der Waals surface area contributed by atoms with E-state index in [9.17, 15) is 9.59 Å². The van der Waals surface area contributed by atoms with Gasteiger partial charge in [-0.05, 0) is 17.7 Å². The summed E-state index contributed by atoms with van der Waals surface area (Å²) in [7, 11) is 0. The summed E-state index contributed by atoms with van der Waals surface area (Å²) in [6.07, 6.45) is -0.511. The second-order valence-corrected chi connectivity index (χ2v) is 8.94. The number of H-pyrrole nitrogens is 1. The fourth-order valence-corrected chi connectivity index (χ4v) is 5.74. The summed E-state index contributed by atoms with van der Waals surface area (Å²) < 4.78 is 13.8. The number of rotatable bonds is 2. The summed E-state index contributed by atoms with van der Waals surface area (Å²) in [4.78, 5) is 28.4. The zero-order chi connectivity index (χ0) is 23.1. The number of esters is 1. The minimum Gasteiger partial charge on any atom is -0.471 e. The number of benzene rings is 3. The van der Waals surface area contributed by atoms with Crippen LogP contribution in [0.15, 0.2) is 60.9 Å². The van der Waals surface area contributed by atoms with Crippen LogP contribution in [0.1, 0.15) is 35.5 Å². The number of aromatic amines is 1. The van der Waals surface area contributed by atoms with Gasteiger partial charge in [0.2, 0.25) is 0 Å². The van der Waals surface area contributed by atoms with E-state index < -0.39 is 12.3 Å². The van der Waals surface area contributed by atoms with E-state index in [-0.39, 0.29) is 11.9 Å². The van der Waals surface area contributed by atoms with Gasteiger partial charge in [0.25, 0.3) is 5.91 Å². The molecule has 0 aliphatic carbocycles. The third-order valence-electron chi connectivity index (χ3n) is 7.02. The average Bonchev–Trinajstić information content (AvgIpc) is 3.55. The highest BCUT2D eigenvalue weighted by Crippen LogP contribution is 2.46. The topological polar surface area (TPSA) is 85.3 Å². The molecule has 2 aromatic heterocycles. The first kappa shape index (κ1) is 19.2. The Hall–Kier alpha value is -4.26. The third kappa shape index (κ3) is 2.41. The van der Waals surface area contributed by atoms with Crippen LogP contribution in [-0.2, 0) is 20.8 Å². The lowest BCUT2D eigenvalue weighted by Gasteiger charge is -2.16. The molecule has 4 heterocycles.